The highest BCUT2D eigenvalue weighted by Crippen LogP contribution is 2.38. The van der Waals surface area contributed by atoms with Crippen molar-refractivity contribution in [1.29, 1.82) is 0 Å². The minimum Gasteiger partial charge on any atom is -0.493 e. The number of anilines is 3. The molecule has 58 heavy (non-hydrogen) atoms. The van der Waals surface area contributed by atoms with E-state index in [1.165, 1.54) is 49.3 Å². The number of nitrogens with one attached hydrogen (secondary N) is 2. The summed E-state index contributed by atoms with van der Waals surface area (Å²) in [7, 11) is 3.04. The Morgan fingerprint density at radius 2 is 1.86 bits per heavy atom. The summed E-state index contributed by atoms with van der Waals surface area (Å²) in [5, 5.41) is 16.9. The van der Waals surface area contributed by atoms with Crippen molar-refractivity contribution >= 4 is 79.5 Å². The fourth-order valence-electron chi connectivity index (χ4n) is 6.69. The second-order valence-electron chi connectivity index (χ2n) is 13.2. The van der Waals surface area contributed by atoms with E-state index in [1.54, 1.807) is 19.2 Å². The fourth-order valence-corrected chi connectivity index (χ4v) is 7.08. The molecule has 2 atom stereocenters. The zero-order valence-electron chi connectivity index (χ0n) is 31.1. The van der Waals surface area contributed by atoms with Gasteiger partial charge >= 0.3 is 5.95 Å². The molecule has 298 valence electrons. The lowest BCUT2D eigenvalue weighted by Crippen LogP contribution is -2.54. The molecule has 4 heterocycles. The van der Waals surface area contributed by atoms with Gasteiger partial charge in [0.25, 0.3) is 17.7 Å². The molecule has 1 fully saturated rings. The maximum Gasteiger partial charge on any atom is 0.434 e. The number of halogens is 1. The minimum atomic E-state index is -1.15. The summed E-state index contributed by atoms with van der Waals surface area (Å²) in [6.07, 6.45) is 1.78. The van der Waals surface area contributed by atoms with E-state index in [0.29, 0.717) is 33.9 Å². The standard InChI is InChI=1S/C38H34BrN9O10/c1-20(34(50)43-26-9-5-8-24-32(26)37(53)47(36(24)52)28-10-11-31(49)44-35(28)51)57-12-13-58-30-15-25-27(16-29(30)56-3)41-19-42-33(25)46(22-7-4-6-21(39)14-22)18-23-17-40-38(45(23)2)48(54)55/h4-9,14-17,19-20,28H,10-13,18H2,1-3H3,(H,43,50)(H,44,49,51). The molecule has 0 aliphatic carbocycles. The normalized spacial score (nSPS) is 15.6. The van der Waals surface area contributed by atoms with Crippen LogP contribution in [0.3, 0.4) is 0 Å². The molecule has 0 radical (unpaired) electrons. The third-order valence-electron chi connectivity index (χ3n) is 9.62. The van der Waals surface area contributed by atoms with Crippen LogP contribution in [0.5, 0.6) is 11.5 Å². The van der Waals surface area contributed by atoms with Gasteiger partial charge in [0.05, 0.1) is 49.6 Å². The highest BCUT2D eigenvalue weighted by Gasteiger charge is 2.46. The molecule has 0 bridgehead atoms. The van der Waals surface area contributed by atoms with Gasteiger partial charge < -0.3 is 34.5 Å². The molecule has 2 aliphatic rings. The van der Waals surface area contributed by atoms with E-state index < -0.39 is 46.6 Å². The van der Waals surface area contributed by atoms with Crippen molar-refractivity contribution in [3.8, 4) is 11.5 Å². The van der Waals surface area contributed by atoms with Crippen LogP contribution >= 0.6 is 15.9 Å². The number of ether oxygens (including phenoxy) is 3. The number of rotatable bonds is 14. The molecule has 5 aromatic rings. The summed E-state index contributed by atoms with van der Waals surface area (Å²) >= 11 is 3.52. The van der Waals surface area contributed by atoms with Crippen molar-refractivity contribution in [2.24, 2.45) is 7.05 Å². The second-order valence-corrected chi connectivity index (χ2v) is 14.1. The number of imide groups is 2. The molecule has 20 heteroatoms. The Morgan fingerprint density at radius 1 is 1.07 bits per heavy atom. The highest BCUT2D eigenvalue weighted by atomic mass is 79.9. The Morgan fingerprint density at radius 3 is 2.59 bits per heavy atom. The summed E-state index contributed by atoms with van der Waals surface area (Å²) in [5.41, 5.74) is 1.82. The molecular formula is C38H34BrN9O10. The third-order valence-corrected chi connectivity index (χ3v) is 10.1. The van der Waals surface area contributed by atoms with Gasteiger partial charge in [-0.3, -0.25) is 34.2 Å². The monoisotopic (exact) mass is 855 g/mol. The first-order valence-electron chi connectivity index (χ1n) is 17.8. The van der Waals surface area contributed by atoms with Crippen LogP contribution in [0, 0.1) is 10.1 Å². The molecule has 3 aromatic carbocycles. The van der Waals surface area contributed by atoms with Crippen LogP contribution in [0.2, 0.25) is 0 Å². The van der Waals surface area contributed by atoms with Crippen LogP contribution in [0.25, 0.3) is 10.9 Å². The van der Waals surface area contributed by atoms with Gasteiger partial charge in [-0.25, -0.2) is 14.5 Å². The number of hydrogen-bond donors (Lipinski definition) is 2. The van der Waals surface area contributed by atoms with Crippen molar-refractivity contribution in [3.63, 3.8) is 0 Å². The zero-order valence-corrected chi connectivity index (χ0v) is 32.7. The quantitative estimate of drug-likeness (QED) is 0.0690. The van der Waals surface area contributed by atoms with Crippen molar-refractivity contribution in [1.82, 2.24) is 29.7 Å². The Balaban J connectivity index is 1.05. The molecule has 7 rings (SSSR count). The van der Waals surface area contributed by atoms with Gasteiger partial charge in [0.15, 0.2) is 11.5 Å². The van der Waals surface area contributed by atoms with E-state index >= 15 is 0 Å². The van der Waals surface area contributed by atoms with Crippen LogP contribution in [0.1, 0.15) is 46.2 Å². The van der Waals surface area contributed by atoms with Crippen LogP contribution in [-0.4, -0.2) is 91.3 Å². The molecule has 0 spiro atoms. The van der Waals surface area contributed by atoms with Crippen LogP contribution in [-0.2, 0) is 32.7 Å². The fraction of sp³-hybridized carbons (Fsp3) is 0.263. The number of hydrogen-bond acceptors (Lipinski definition) is 14. The molecule has 2 N–H and O–H groups in total. The highest BCUT2D eigenvalue weighted by molar-refractivity contribution is 9.10. The Hall–Kier alpha value is -6.80. The first kappa shape index (κ1) is 39.4. The Bertz CT molecular complexity index is 2510. The number of methoxy groups -OCH3 is 1. The average molecular weight is 857 g/mol. The van der Waals surface area contributed by atoms with Gasteiger partial charge in [0.1, 0.15) is 42.8 Å². The van der Waals surface area contributed by atoms with Gasteiger partial charge in [-0.05, 0) is 54.7 Å². The predicted molar refractivity (Wildman–Crippen MR) is 209 cm³/mol. The number of nitro groups is 1. The van der Waals surface area contributed by atoms with Gasteiger partial charge in [0.2, 0.25) is 11.8 Å². The van der Waals surface area contributed by atoms with E-state index in [1.807, 2.05) is 29.2 Å². The van der Waals surface area contributed by atoms with Gasteiger partial charge in [-0.1, -0.05) is 33.0 Å². The van der Waals surface area contributed by atoms with Crippen molar-refractivity contribution in [2.75, 3.05) is 30.5 Å². The number of benzene rings is 3. The molecule has 19 nitrogen and oxygen atoms in total. The van der Waals surface area contributed by atoms with Crippen LogP contribution in [0.15, 0.2) is 71.6 Å². The van der Waals surface area contributed by atoms with Crippen molar-refractivity contribution < 1.29 is 43.1 Å². The molecule has 2 aliphatic heterocycles. The lowest BCUT2D eigenvalue weighted by atomic mass is 10.0. The van der Waals surface area contributed by atoms with E-state index in [2.05, 4.69) is 41.5 Å². The Kier molecular flexibility index (Phi) is 11.1. The van der Waals surface area contributed by atoms with Gasteiger partial charge in [-0.15, -0.1) is 0 Å². The second kappa shape index (κ2) is 16.4. The summed E-state index contributed by atoms with van der Waals surface area (Å²) < 4.78 is 19.7. The first-order chi connectivity index (χ1) is 27.9. The maximum absolute atomic E-state index is 13.4. The van der Waals surface area contributed by atoms with Crippen LogP contribution < -0.4 is 25.0 Å². The number of piperidine rings is 1. The summed E-state index contributed by atoms with van der Waals surface area (Å²) in [6, 6.07) is 14.1. The number of fused-ring (bicyclic) bond motifs is 2. The maximum atomic E-state index is 13.4. The SMILES string of the molecule is COc1cc2ncnc(N(Cc3cnc([N+](=O)[O-])n3C)c3cccc(Br)c3)c2cc1OCCOC(C)C(=O)Nc1cccc2c1C(=O)N(C1CCC(=O)NC1=O)C2=O. The molecule has 2 aromatic heterocycles. The van der Waals surface area contributed by atoms with Gasteiger partial charge in [0, 0.05) is 28.0 Å². The predicted octanol–water partition coefficient (Wildman–Crippen LogP) is 4.20. The largest absolute Gasteiger partial charge is 0.493 e. The molecule has 1 saturated heterocycles. The number of carbonyl (C=O) groups is 5. The summed E-state index contributed by atoms with van der Waals surface area (Å²) in [6.45, 7) is 1.59. The number of nitrogens with zero attached hydrogens (tertiary/aromatic N) is 7. The first-order valence-corrected chi connectivity index (χ1v) is 18.6. The number of imidazole rings is 1. The number of aromatic nitrogens is 4. The average Bonchev–Trinajstić information content (AvgIpc) is 3.70. The third kappa shape index (κ3) is 7.65. The lowest BCUT2D eigenvalue weighted by molar-refractivity contribution is -0.396. The molecule has 0 saturated carbocycles. The minimum absolute atomic E-state index is 0.00430. The summed E-state index contributed by atoms with van der Waals surface area (Å²) in [5.74, 6) is -2.45. The van der Waals surface area contributed by atoms with E-state index in [4.69, 9.17) is 14.2 Å². The van der Waals surface area contributed by atoms with Crippen LogP contribution in [0.4, 0.5) is 23.1 Å². The van der Waals surface area contributed by atoms with Gasteiger partial charge in [-0.2, -0.15) is 0 Å². The van der Waals surface area contributed by atoms with Crippen molar-refractivity contribution in [2.45, 2.75) is 38.5 Å². The Labute approximate surface area is 337 Å². The molecule has 2 unspecified atom stereocenters. The smallest absolute Gasteiger partial charge is 0.434 e. The lowest BCUT2D eigenvalue weighted by Gasteiger charge is -2.27. The number of amides is 5. The van der Waals surface area contributed by atoms with E-state index in [9.17, 15) is 34.1 Å². The zero-order chi connectivity index (χ0) is 41.2. The number of carbonyl (C=O) groups excluding carboxylic acids is 5. The van der Waals surface area contributed by atoms with Crippen molar-refractivity contribution in [3.05, 3.63) is 98.5 Å². The van der Waals surface area contributed by atoms with E-state index in [-0.39, 0.29) is 55.4 Å². The van der Waals surface area contributed by atoms with E-state index in [0.717, 1.165) is 15.1 Å². The topological polar surface area (TPSA) is 230 Å². The molecule has 5 amide bonds. The summed E-state index contributed by atoms with van der Waals surface area (Å²) in [4.78, 5) is 90.7. The molecular weight excluding hydrogens is 822 g/mol.